The second-order valence-corrected chi connectivity index (χ2v) is 9.33. The Morgan fingerprint density at radius 3 is 2.28 bits per heavy atom. The lowest BCUT2D eigenvalue weighted by atomic mass is 9.97. The summed E-state index contributed by atoms with van der Waals surface area (Å²) in [6, 6.07) is -3.02. The molecule has 0 aliphatic carbocycles. The summed E-state index contributed by atoms with van der Waals surface area (Å²) in [5.74, 6) is -3.80. The molecule has 13 nitrogen and oxygen atoms in total. The number of carbonyl (C=O) groups excluding carboxylic acids is 5. The van der Waals surface area contributed by atoms with Crippen LogP contribution in [0.5, 0.6) is 0 Å². The van der Waals surface area contributed by atoms with Crippen LogP contribution in [0.25, 0.3) is 0 Å². The molecule has 202 valence electrons. The van der Waals surface area contributed by atoms with Crippen LogP contribution in [0.15, 0.2) is 0 Å². The van der Waals surface area contributed by atoms with Crippen LogP contribution in [0, 0.1) is 5.92 Å². The molecule has 5 unspecified atom stereocenters. The fraction of sp³-hybridized carbons (Fsp3) is 0.739. The number of hydrogen-bond donors (Lipinski definition) is 6. The maximum absolute atomic E-state index is 13.4. The second-order valence-electron chi connectivity index (χ2n) is 9.33. The highest BCUT2D eigenvalue weighted by Crippen LogP contribution is 2.21. The number of hydrogen-bond acceptors (Lipinski definition) is 7. The molecule has 0 saturated carbocycles. The number of likely N-dealkylation sites (tertiary alicyclic amines) is 1. The second kappa shape index (κ2) is 13.8. The standard InChI is InChI=1S/C23H38N6O7/c1-4-13(2)19(23(36)29-10-6-8-16(29)22(35)26-12-18(31)32)28-20(33)14(3)27-17(30)11-25-21(34)15-7-5-9-24-15/h13-16,19,24H,4-12H2,1-3H3,(H,25,34)(H,26,35)(H,27,30)(H,28,33)(H,31,32). The Balaban J connectivity index is 1.94. The molecule has 0 aromatic heterocycles. The first kappa shape index (κ1) is 29.0. The van der Waals surface area contributed by atoms with Gasteiger partial charge in [-0.15, -0.1) is 0 Å². The van der Waals surface area contributed by atoms with Gasteiger partial charge in [-0.2, -0.15) is 0 Å². The molecule has 0 aromatic carbocycles. The van der Waals surface area contributed by atoms with Crippen molar-refractivity contribution in [2.45, 2.75) is 77.0 Å². The smallest absolute Gasteiger partial charge is 0.322 e. The van der Waals surface area contributed by atoms with Gasteiger partial charge in [0.1, 0.15) is 24.7 Å². The van der Waals surface area contributed by atoms with Crippen molar-refractivity contribution in [3.63, 3.8) is 0 Å². The Morgan fingerprint density at radius 1 is 0.972 bits per heavy atom. The molecule has 2 aliphatic rings. The average Bonchev–Trinajstić information content (AvgIpc) is 3.55. The molecular weight excluding hydrogens is 472 g/mol. The minimum absolute atomic E-state index is 0.258. The third kappa shape index (κ3) is 8.18. The minimum atomic E-state index is -1.19. The summed E-state index contributed by atoms with van der Waals surface area (Å²) in [5.41, 5.74) is 0. The molecule has 2 rings (SSSR count). The molecule has 2 aliphatic heterocycles. The first-order chi connectivity index (χ1) is 17.0. The number of nitrogens with one attached hydrogen (secondary N) is 5. The van der Waals surface area contributed by atoms with E-state index in [1.165, 1.54) is 11.8 Å². The molecular formula is C23H38N6O7. The van der Waals surface area contributed by atoms with Crippen molar-refractivity contribution in [1.82, 2.24) is 31.5 Å². The van der Waals surface area contributed by atoms with Crippen LogP contribution < -0.4 is 26.6 Å². The summed E-state index contributed by atoms with van der Waals surface area (Å²) in [5, 5.41) is 21.9. The molecule has 0 spiro atoms. The number of amides is 5. The van der Waals surface area contributed by atoms with E-state index in [-0.39, 0.29) is 24.4 Å². The highest BCUT2D eigenvalue weighted by atomic mass is 16.4. The number of carbonyl (C=O) groups is 6. The van der Waals surface area contributed by atoms with Crippen LogP contribution >= 0.6 is 0 Å². The molecule has 2 saturated heterocycles. The Labute approximate surface area is 210 Å². The van der Waals surface area contributed by atoms with Gasteiger partial charge in [0.15, 0.2) is 0 Å². The van der Waals surface area contributed by atoms with Crippen molar-refractivity contribution in [1.29, 1.82) is 0 Å². The van der Waals surface area contributed by atoms with E-state index in [1.54, 1.807) is 6.92 Å². The van der Waals surface area contributed by atoms with Crippen molar-refractivity contribution in [2.75, 3.05) is 26.2 Å². The Hall–Kier alpha value is -3.22. The van der Waals surface area contributed by atoms with Gasteiger partial charge in [-0.05, 0) is 45.1 Å². The van der Waals surface area contributed by atoms with Gasteiger partial charge in [-0.3, -0.25) is 28.8 Å². The van der Waals surface area contributed by atoms with Gasteiger partial charge in [-0.1, -0.05) is 20.3 Å². The van der Waals surface area contributed by atoms with Crippen molar-refractivity contribution in [3.8, 4) is 0 Å². The predicted molar refractivity (Wildman–Crippen MR) is 128 cm³/mol. The van der Waals surface area contributed by atoms with E-state index in [0.29, 0.717) is 32.2 Å². The predicted octanol–water partition coefficient (Wildman–Crippen LogP) is -1.92. The molecule has 5 amide bonds. The normalized spacial score (nSPS) is 21.7. The number of nitrogens with zero attached hydrogens (tertiary/aromatic N) is 1. The Bertz CT molecular complexity index is 845. The molecule has 2 heterocycles. The molecule has 2 fully saturated rings. The summed E-state index contributed by atoms with van der Waals surface area (Å²) < 4.78 is 0. The van der Waals surface area contributed by atoms with E-state index in [0.717, 1.165) is 13.0 Å². The largest absolute Gasteiger partial charge is 0.480 e. The van der Waals surface area contributed by atoms with Gasteiger partial charge >= 0.3 is 5.97 Å². The van der Waals surface area contributed by atoms with E-state index in [9.17, 15) is 28.8 Å². The van der Waals surface area contributed by atoms with Crippen molar-refractivity contribution in [3.05, 3.63) is 0 Å². The number of aliphatic carboxylic acids is 1. The first-order valence-corrected chi connectivity index (χ1v) is 12.5. The maximum atomic E-state index is 13.4. The SMILES string of the molecule is CCC(C)C(NC(=O)C(C)NC(=O)CNC(=O)C1CCCN1)C(=O)N1CCCC1C(=O)NCC(=O)O. The summed E-state index contributed by atoms with van der Waals surface area (Å²) in [4.78, 5) is 75.0. The fourth-order valence-electron chi connectivity index (χ4n) is 4.28. The molecule has 36 heavy (non-hydrogen) atoms. The van der Waals surface area contributed by atoms with Crippen molar-refractivity contribution >= 4 is 35.5 Å². The van der Waals surface area contributed by atoms with E-state index in [1.807, 2.05) is 6.92 Å². The summed E-state index contributed by atoms with van der Waals surface area (Å²) in [6.07, 6.45) is 3.14. The number of rotatable bonds is 12. The highest BCUT2D eigenvalue weighted by Gasteiger charge is 2.39. The summed E-state index contributed by atoms with van der Waals surface area (Å²) in [7, 11) is 0. The van der Waals surface area contributed by atoms with Crippen molar-refractivity contribution < 1.29 is 33.9 Å². The quantitative estimate of drug-likeness (QED) is 0.175. The Kier molecular flexibility index (Phi) is 11.1. The zero-order valence-electron chi connectivity index (χ0n) is 21.1. The summed E-state index contributed by atoms with van der Waals surface area (Å²) >= 11 is 0. The van der Waals surface area contributed by atoms with E-state index >= 15 is 0 Å². The lowest BCUT2D eigenvalue weighted by Gasteiger charge is -2.32. The first-order valence-electron chi connectivity index (χ1n) is 12.5. The zero-order chi connectivity index (χ0) is 26.8. The molecule has 0 aromatic rings. The third-order valence-corrected chi connectivity index (χ3v) is 6.60. The van der Waals surface area contributed by atoms with E-state index < -0.39 is 54.3 Å². The Morgan fingerprint density at radius 2 is 1.67 bits per heavy atom. The van der Waals surface area contributed by atoms with Gasteiger partial charge < -0.3 is 36.6 Å². The number of carboxylic acids is 1. The van der Waals surface area contributed by atoms with Crippen LogP contribution in [-0.4, -0.2) is 95.9 Å². The number of carboxylic acid groups (broad SMARTS) is 1. The fourth-order valence-corrected chi connectivity index (χ4v) is 4.28. The van der Waals surface area contributed by atoms with E-state index in [2.05, 4.69) is 26.6 Å². The maximum Gasteiger partial charge on any atom is 0.322 e. The molecule has 6 N–H and O–H groups in total. The van der Waals surface area contributed by atoms with Crippen LogP contribution in [0.1, 0.15) is 52.9 Å². The van der Waals surface area contributed by atoms with E-state index in [4.69, 9.17) is 5.11 Å². The van der Waals surface area contributed by atoms with Gasteiger partial charge in [-0.25, -0.2) is 0 Å². The van der Waals surface area contributed by atoms with Gasteiger partial charge in [0.2, 0.25) is 29.5 Å². The van der Waals surface area contributed by atoms with Gasteiger partial charge in [0.05, 0.1) is 12.6 Å². The molecule has 5 atom stereocenters. The monoisotopic (exact) mass is 510 g/mol. The van der Waals surface area contributed by atoms with Gasteiger partial charge in [0.25, 0.3) is 0 Å². The van der Waals surface area contributed by atoms with Crippen molar-refractivity contribution in [2.24, 2.45) is 5.92 Å². The lowest BCUT2D eigenvalue weighted by Crippen LogP contribution is -2.58. The molecule has 0 bridgehead atoms. The minimum Gasteiger partial charge on any atom is -0.480 e. The zero-order valence-corrected chi connectivity index (χ0v) is 21.1. The molecule has 0 radical (unpaired) electrons. The highest BCUT2D eigenvalue weighted by molar-refractivity contribution is 5.95. The average molecular weight is 511 g/mol. The van der Waals surface area contributed by atoms with Crippen LogP contribution in [0.2, 0.25) is 0 Å². The van der Waals surface area contributed by atoms with Crippen LogP contribution in [0.3, 0.4) is 0 Å². The summed E-state index contributed by atoms with van der Waals surface area (Å²) in [6.45, 7) is 5.39. The van der Waals surface area contributed by atoms with Crippen LogP contribution in [0.4, 0.5) is 0 Å². The third-order valence-electron chi connectivity index (χ3n) is 6.60. The lowest BCUT2D eigenvalue weighted by molar-refractivity contribution is -0.143. The molecule has 13 heteroatoms. The van der Waals surface area contributed by atoms with Gasteiger partial charge in [0, 0.05) is 6.54 Å². The van der Waals surface area contributed by atoms with Crippen LogP contribution in [-0.2, 0) is 28.8 Å². The topological polar surface area (TPSA) is 186 Å².